The molecular formula is C11H21NO7S. The van der Waals surface area contributed by atoms with Crippen molar-refractivity contribution < 1.29 is 35.1 Å². The number of carbonyl (C=O) groups is 1. The Labute approximate surface area is 120 Å². The Kier molecular flexibility index (Phi) is 6.65. The smallest absolute Gasteiger partial charge is 0.320 e. The van der Waals surface area contributed by atoms with Crippen LogP contribution in [0.4, 0.5) is 0 Å². The van der Waals surface area contributed by atoms with Gasteiger partial charge in [0.1, 0.15) is 24.4 Å². The van der Waals surface area contributed by atoms with Gasteiger partial charge in [0.25, 0.3) is 0 Å². The first-order chi connectivity index (χ1) is 9.31. The molecule has 0 aliphatic carbocycles. The average molecular weight is 311 g/mol. The van der Waals surface area contributed by atoms with E-state index in [0.29, 0.717) is 12.2 Å². The Morgan fingerprint density at radius 3 is 2.70 bits per heavy atom. The number of aliphatic hydroxyl groups excluding tert-OH is 3. The zero-order valence-corrected chi connectivity index (χ0v) is 11.9. The molecule has 9 heteroatoms. The van der Waals surface area contributed by atoms with Gasteiger partial charge in [0.2, 0.25) is 5.79 Å². The quantitative estimate of drug-likeness (QED) is 0.303. The van der Waals surface area contributed by atoms with Crippen LogP contribution in [-0.4, -0.2) is 86.8 Å². The third-order valence-corrected chi connectivity index (χ3v) is 3.84. The zero-order valence-electron chi connectivity index (χ0n) is 11.1. The highest BCUT2D eigenvalue weighted by Gasteiger charge is 2.48. The van der Waals surface area contributed by atoms with Crippen molar-refractivity contribution in [3.05, 3.63) is 0 Å². The van der Waals surface area contributed by atoms with Gasteiger partial charge in [-0.05, 0) is 18.4 Å². The number of hydrogen-bond acceptors (Lipinski definition) is 8. The summed E-state index contributed by atoms with van der Waals surface area (Å²) in [6.07, 6.45) is -2.39. The predicted octanol–water partition coefficient (Wildman–Crippen LogP) is -2.42. The van der Waals surface area contributed by atoms with Crippen LogP contribution in [-0.2, 0) is 9.53 Å². The largest absolute Gasteiger partial charge is 0.480 e. The molecule has 1 rings (SSSR count). The maximum atomic E-state index is 11.0. The fourth-order valence-corrected chi connectivity index (χ4v) is 2.34. The van der Waals surface area contributed by atoms with Crippen LogP contribution in [0.5, 0.6) is 0 Å². The Hall–Kier alpha value is -0.420. The number of ether oxygens (including phenoxy) is 1. The van der Waals surface area contributed by atoms with Crippen LogP contribution in [0.25, 0.3) is 0 Å². The molecule has 1 fully saturated rings. The summed E-state index contributed by atoms with van der Waals surface area (Å²) in [6.45, 7) is -0.720. The number of rotatable bonds is 7. The molecule has 0 aromatic carbocycles. The number of aliphatic hydroxyl groups is 4. The number of nitrogens with one attached hydrogen (secondary N) is 1. The third kappa shape index (κ3) is 4.29. The van der Waals surface area contributed by atoms with Gasteiger partial charge in [0.05, 0.1) is 13.2 Å². The van der Waals surface area contributed by atoms with E-state index in [2.05, 4.69) is 5.32 Å². The Morgan fingerprint density at radius 1 is 1.50 bits per heavy atom. The number of carboxylic acids is 1. The molecule has 0 aromatic heterocycles. The third-order valence-electron chi connectivity index (χ3n) is 3.19. The van der Waals surface area contributed by atoms with Crippen molar-refractivity contribution in [3.63, 3.8) is 0 Å². The molecule has 0 bridgehead atoms. The van der Waals surface area contributed by atoms with Crippen LogP contribution < -0.4 is 5.32 Å². The number of thioether (sulfide) groups is 1. The summed E-state index contributed by atoms with van der Waals surface area (Å²) in [6, 6.07) is -0.897. The van der Waals surface area contributed by atoms with E-state index in [1.54, 1.807) is 0 Å². The van der Waals surface area contributed by atoms with Gasteiger partial charge in [0, 0.05) is 0 Å². The SMILES string of the molecule is CSCC[C@H](NC[C@@]1(O)OC[C@@H](O)[C@@H](O)[C@@H]1O)C(=O)O. The first kappa shape index (κ1) is 17.6. The van der Waals surface area contributed by atoms with E-state index < -0.39 is 36.1 Å². The molecule has 1 aliphatic heterocycles. The molecule has 1 heterocycles. The van der Waals surface area contributed by atoms with E-state index >= 15 is 0 Å². The topological polar surface area (TPSA) is 139 Å². The Balaban J connectivity index is 2.59. The predicted molar refractivity (Wildman–Crippen MR) is 71.3 cm³/mol. The fraction of sp³-hybridized carbons (Fsp3) is 0.909. The monoisotopic (exact) mass is 311 g/mol. The summed E-state index contributed by atoms with van der Waals surface area (Å²) in [5, 5.41) is 50.2. The summed E-state index contributed by atoms with van der Waals surface area (Å²) in [7, 11) is 0. The highest BCUT2D eigenvalue weighted by atomic mass is 32.2. The van der Waals surface area contributed by atoms with Crippen molar-refractivity contribution >= 4 is 17.7 Å². The molecule has 0 unspecified atom stereocenters. The standard InChI is InChI=1S/C11H21NO7S/c1-20-3-2-6(10(16)17)12-5-11(18)9(15)8(14)7(13)4-19-11/h6-9,12-15,18H,2-5H2,1H3,(H,16,17)/t6-,7+,8+,9-,11+/m0/s1. The minimum absolute atomic E-state index is 0.341. The van der Waals surface area contributed by atoms with E-state index in [9.17, 15) is 25.2 Å². The van der Waals surface area contributed by atoms with Crippen LogP contribution in [0.2, 0.25) is 0 Å². The van der Waals surface area contributed by atoms with Gasteiger partial charge in [-0.2, -0.15) is 11.8 Å². The van der Waals surface area contributed by atoms with Crippen molar-refractivity contribution in [2.45, 2.75) is 36.6 Å². The van der Waals surface area contributed by atoms with Crippen molar-refractivity contribution in [1.82, 2.24) is 5.32 Å². The highest BCUT2D eigenvalue weighted by Crippen LogP contribution is 2.23. The average Bonchev–Trinajstić information content (AvgIpc) is 2.41. The molecule has 20 heavy (non-hydrogen) atoms. The summed E-state index contributed by atoms with van der Waals surface area (Å²) < 4.78 is 4.93. The van der Waals surface area contributed by atoms with Crippen molar-refractivity contribution in [2.75, 3.05) is 25.2 Å². The zero-order chi connectivity index (χ0) is 15.3. The summed E-state index contributed by atoms with van der Waals surface area (Å²) in [5.74, 6) is -2.59. The van der Waals surface area contributed by atoms with Gasteiger partial charge in [-0.15, -0.1) is 0 Å². The van der Waals surface area contributed by atoms with Gasteiger partial charge in [-0.3, -0.25) is 10.1 Å². The van der Waals surface area contributed by atoms with Gasteiger partial charge >= 0.3 is 5.97 Å². The maximum Gasteiger partial charge on any atom is 0.320 e. The molecule has 0 amide bonds. The molecule has 8 nitrogen and oxygen atoms in total. The first-order valence-corrected chi connectivity index (χ1v) is 7.57. The van der Waals surface area contributed by atoms with Gasteiger partial charge in [-0.25, -0.2) is 0 Å². The van der Waals surface area contributed by atoms with Crippen LogP contribution in [0.15, 0.2) is 0 Å². The molecular weight excluding hydrogens is 290 g/mol. The molecule has 0 spiro atoms. The van der Waals surface area contributed by atoms with E-state index in [1.165, 1.54) is 11.8 Å². The van der Waals surface area contributed by atoms with E-state index in [-0.39, 0.29) is 13.2 Å². The second-order valence-electron chi connectivity index (χ2n) is 4.71. The molecule has 118 valence electrons. The van der Waals surface area contributed by atoms with Crippen molar-refractivity contribution in [3.8, 4) is 0 Å². The highest BCUT2D eigenvalue weighted by molar-refractivity contribution is 7.98. The van der Waals surface area contributed by atoms with Gasteiger partial charge in [-0.1, -0.05) is 0 Å². The summed E-state index contributed by atoms with van der Waals surface area (Å²) in [5.41, 5.74) is 0. The second kappa shape index (κ2) is 7.55. The van der Waals surface area contributed by atoms with E-state index in [0.717, 1.165) is 0 Å². The lowest BCUT2D eigenvalue weighted by Crippen LogP contribution is -2.65. The fourth-order valence-electron chi connectivity index (χ4n) is 1.86. The molecule has 5 atom stereocenters. The summed E-state index contributed by atoms with van der Waals surface area (Å²) >= 11 is 1.49. The van der Waals surface area contributed by atoms with Crippen molar-refractivity contribution in [2.24, 2.45) is 0 Å². The molecule has 0 saturated carbocycles. The van der Waals surface area contributed by atoms with Crippen LogP contribution in [0, 0.1) is 0 Å². The molecule has 0 radical (unpaired) electrons. The number of carboxylic acid groups (broad SMARTS) is 1. The Morgan fingerprint density at radius 2 is 2.15 bits per heavy atom. The van der Waals surface area contributed by atoms with Crippen molar-refractivity contribution in [1.29, 1.82) is 0 Å². The first-order valence-electron chi connectivity index (χ1n) is 6.17. The minimum Gasteiger partial charge on any atom is -0.480 e. The minimum atomic E-state index is -2.13. The lowest BCUT2D eigenvalue weighted by Gasteiger charge is -2.42. The van der Waals surface area contributed by atoms with Crippen LogP contribution >= 0.6 is 11.8 Å². The van der Waals surface area contributed by atoms with Gasteiger partial charge in [0.15, 0.2) is 0 Å². The maximum absolute atomic E-state index is 11.0. The molecule has 1 saturated heterocycles. The second-order valence-corrected chi connectivity index (χ2v) is 5.70. The summed E-state index contributed by atoms with van der Waals surface area (Å²) in [4.78, 5) is 11.0. The van der Waals surface area contributed by atoms with E-state index in [1.807, 2.05) is 6.26 Å². The van der Waals surface area contributed by atoms with Gasteiger partial charge < -0.3 is 30.3 Å². The number of hydrogen-bond donors (Lipinski definition) is 6. The van der Waals surface area contributed by atoms with Crippen LogP contribution in [0.3, 0.4) is 0 Å². The molecule has 0 aromatic rings. The normalized spacial score (nSPS) is 35.8. The lowest BCUT2D eigenvalue weighted by molar-refractivity contribution is -0.318. The lowest BCUT2D eigenvalue weighted by atomic mass is 9.96. The van der Waals surface area contributed by atoms with E-state index in [4.69, 9.17) is 9.84 Å². The number of aliphatic carboxylic acids is 1. The molecule has 6 N–H and O–H groups in total. The molecule has 1 aliphatic rings. The van der Waals surface area contributed by atoms with Crippen LogP contribution in [0.1, 0.15) is 6.42 Å². The Bertz CT molecular complexity index is 332.